The van der Waals surface area contributed by atoms with Gasteiger partial charge in [0.1, 0.15) is 0 Å². The highest BCUT2D eigenvalue weighted by molar-refractivity contribution is 5.91. The van der Waals surface area contributed by atoms with E-state index in [4.69, 9.17) is 4.98 Å². The number of fused-ring (bicyclic) bond motifs is 1. The highest BCUT2D eigenvalue weighted by Gasteiger charge is 2.24. The molecule has 2 aromatic rings. The first-order valence-corrected chi connectivity index (χ1v) is 7.45. The molecule has 0 spiro atoms. The minimum absolute atomic E-state index is 0.165. The van der Waals surface area contributed by atoms with Crippen molar-refractivity contribution in [2.45, 2.75) is 67.7 Å². The van der Waals surface area contributed by atoms with Crippen LogP contribution >= 0.6 is 0 Å². The fourth-order valence-corrected chi connectivity index (χ4v) is 3.57. The number of nitrogens with zero attached hydrogens (tertiary/aromatic N) is 1. The van der Waals surface area contributed by atoms with Crippen LogP contribution < -0.4 is 0 Å². The Hall–Kier alpha value is -1.37. The first kappa shape index (κ1) is 15.0. The summed E-state index contributed by atoms with van der Waals surface area (Å²) in [4.78, 5) is 4.88. The van der Waals surface area contributed by atoms with Crippen molar-refractivity contribution in [1.29, 1.82) is 0 Å². The van der Waals surface area contributed by atoms with Crippen molar-refractivity contribution in [2.24, 2.45) is 0 Å². The van der Waals surface area contributed by atoms with Gasteiger partial charge in [-0.15, -0.1) is 0 Å². The molecule has 0 saturated carbocycles. The SMILES string of the molecule is Cc1nc2c(C)c(C)c(C(C)(C)C)c(C)c2c(C)c1C. The van der Waals surface area contributed by atoms with Gasteiger partial charge in [0.25, 0.3) is 0 Å². The Morgan fingerprint density at radius 3 is 1.70 bits per heavy atom. The van der Waals surface area contributed by atoms with Crippen molar-refractivity contribution < 1.29 is 0 Å². The third-order valence-electron chi connectivity index (χ3n) is 4.79. The molecule has 108 valence electrons. The molecule has 0 N–H and O–H groups in total. The molecule has 0 saturated heterocycles. The lowest BCUT2D eigenvalue weighted by Crippen LogP contribution is -2.17. The summed E-state index contributed by atoms with van der Waals surface area (Å²) in [6.45, 7) is 20.2. The lowest BCUT2D eigenvalue weighted by molar-refractivity contribution is 0.582. The van der Waals surface area contributed by atoms with E-state index in [0.29, 0.717) is 0 Å². The number of aromatic nitrogens is 1. The van der Waals surface area contributed by atoms with Crippen molar-refractivity contribution >= 4 is 10.9 Å². The van der Waals surface area contributed by atoms with Gasteiger partial charge in [-0.05, 0) is 80.3 Å². The molecule has 1 aromatic heterocycles. The Balaban J connectivity index is 3.10. The average Bonchev–Trinajstić information content (AvgIpc) is 2.31. The van der Waals surface area contributed by atoms with Crippen LogP contribution in [0.2, 0.25) is 0 Å². The summed E-state index contributed by atoms with van der Waals surface area (Å²) < 4.78 is 0. The van der Waals surface area contributed by atoms with Crippen molar-refractivity contribution in [3.05, 3.63) is 39.1 Å². The standard InChI is InChI=1S/C19H27N/c1-10-11(2)16-14(5)17(19(7,8)9)12(3)13(4)18(16)20-15(10)6/h1-9H3. The molecule has 20 heavy (non-hydrogen) atoms. The van der Waals surface area contributed by atoms with E-state index in [9.17, 15) is 0 Å². The van der Waals surface area contributed by atoms with Crippen molar-refractivity contribution in [2.75, 3.05) is 0 Å². The topological polar surface area (TPSA) is 12.9 Å². The Labute approximate surface area is 123 Å². The van der Waals surface area contributed by atoms with E-state index in [1.807, 2.05) is 0 Å². The molecule has 0 aliphatic rings. The van der Waals surface area contributed by atoms with Gasteiger partial charge in [-0.1, -0.05) is 20.8 Å². The predicted molar refractivity (Wildman–Crippen MR) is 88.9 cm³/mol. The van der Waals surface area contributed by atoms with Gasteiger partial charge in [-0.2, -0.15) is 0 Å². The number of hydrogen-bond donors (Lipinski definition) is 0. The Kier molecular flexibility index (Phi) is 3.44. The number of pyridine rings is 1. The van der Waals surface area contributed by atoms with Crippen LogP contribution in [-0.2, 0) is 5.41 Å². The maximum Gasteiger partial charge on any atom is 0.0742 e. The summed E-state index contributed by atoms with van der Waals surface area (Å²) in [6, 6.07) is 0. The van der Waals surface area contributed by atoms with Crippen LogP contribution in [0.15, 0.2) is 0 Å². The zero-order valence-corrected chi connectivity index (χ0v) is 14.4. The van der Waals surface area contributed by atoms with E-state index in [1.54, 1.807) is 0 Å². The molecule has 0 radical (unpaired) electrons. The summed E-state index contributed by atoms with van der Waals surface area (Å²) in [6.07, 6.45) is 0. The Morgan fingerprint density at radius 1 is 0.650 bits per heavy atom. The second-order valence-corrected chi connectivity index (χ2v) is 7.17. The maximum atomic E-state index is 4.88. The zero-order chi connectivity index (χ0) is 15.4. The lowest BCUT2D eigenvalue weighted by Gasteiger charge is -2.28. The van der Waals surface area contributed by atoms with E-state index >= 15 is 0 Å². The third-order valence-corrected chi connectivity index (χ3v) is 4.79. The molecule has 1 nitrogen and oxygen atoms in total. The molecule has 0 amide bonds. The molecule has 0 aliphatic heterocycles. The predicted octanol–water partition coefficient (Wildman–Crippen LogP) is 5.38. The molecule has 1 aromatic carbocycles. The van der Waals surface area contributed by atoms with Crippen molar-refractivity contribution in [3.8, 4) is 0 Å². The maximum absolute atomic E-state index is 4.88. The van der Waals surface area contributed by atoms with Gasteiger partial charge in [0, 0.05) is 11.1 Å². The van der Waals surface area contributed by atoms with E-state index in [2.05, 4.69) is 62.3 Å². The smallest absolute Gasteiger partial charge is 0.0742 e. The van der Waals surface area contributed by atoms with E-state index in [1.165, 1.54) is 44.3 Å². The summed E-state index contributed by atoms with van der Waals surface area (Å²) in [7, 11) is 0. The van der Waals surface area contributed by atoms with Crippen LogP contribution in [0.3, 0.4) is 0 Å². The quantitative estimate of drug-likeness (QED) is 0.625. The van der Waals surface area contributed by atoms with Gasteiger partial charge in [-0.25, -0.2) is 0 Å². The highest BCUT2D eigenvalue weighted by Crippen LogP contribution is 2.38. The molecule has 2 rings (SSSR count). The fourth-order valence-electron chi connectivity index (χ4n) is 3.57. The van der Waals surface area contributed by atoms with Crippen LogP contribution in [0.1, 0.15) is 59.8 Å². The number of benzene rings is 1. The summed E-state index contributed by atoms with van der Waals surface area (Å²) >= 11 is 0. The summed E-state index contributed by atoms with van der Waals surface area (Å²) in [5.41, 5.74) is 10.8. The molecule has 0 fully saturated rings. The summed E-state index contributed by atoms with van der Waals surface area (Å²) in [5, 5.41) is 1.36. The first-order chi connectivity index (χ1) is 9.07. The minimum atomic E-state index is 0.165. The molecule has 0 bridgehead atoms. The lowest BCUT2D eigenvalue weighted by atomic mass is 9.77. The highest BCUT2D eigenvalue weighted by atomic mass is 14.7. The number of aryl methyl sites for hydroxylation is 4. The molecule has 1 heteroatoms. The molecular weight excluding hydrogens is 242 g/mol. The second-order valence-electron chi connectivity index (χ2n) is 7.17. The van der Waals surface area contributed by atoms with Crippen LogP contribution in [0.25, 0.3) is 10.9 Å². The number of hydrogen-bond acceptors (Lipinski definition) is 1. The van der Waals surface area contributed by atoms with Crippen molar-refractivity contribution in [3.63, 3.8) is 0 Å². The van der Waals surface area contributed by atoms with Gasteiger partial charge in [0.15, 0.2) is 0 Å². The van der Waals surface area contributed by atoms with Crippen molar-refractivity contribution in [1.82, 2.24) is 4.98 Å². The normalized spacial score (nSPS) is 12.2. The molecule has 1 heterocycles. The van der Waals surface area contributed by atoms with Gasteiger partial charge in [-0.3, -0.25) is 4.98 Å². The first-order valence-electron chi connectivity index (χ1n) is 7.45. The Bertz CT molecular complexity index is 700. The summed E-state index contributed by atoms with van der Waals surface area (Å²) in [5.74, 6) is 0. The minimum Gasteiger partial charge on any atom is -0.253 e. The molecular formula is C19H27N. The van der Waals surface area contributed by atoms with Crippen LogP contribution in [-0.4, -0.2) is 4.98 Å². The van der Waals surface area contributed by atoms with Gasteiger partial charge < -0.3 is 0 Å². The van der Waals surface area contributed by atoms with Gasteiger partial charge >= 0.3 is 0 Å². The molecule has 0 unspecified atom stereocenters. The van der Waals surface area contributed by atoms with Crippen LogP contribution in [0, 0.1) is 41.5 Å². The largest absolute Gasteiger partial charge is 0.253 e. The van der Waals surface area contributed by atoms with Crippen LogP contribution in [0.4, 0.5) is 0 Å². The van der Waals surface area contributed by atoms with E-state index in [-0.39, 0.29) is 5.41 Å². The zero-order valence-electron chi connectivity index (χ0n) is 14.4. The third kappa shape index (κ3) is 2.04. The van der Waals surface area contributed by atoms with E-state index < -0.39 is 0 Å². The average molecular weight is 269 g/mol. The molecule has 0 aliphatic carbocycles. The second kappa shape index (κ2) is 4.58. The van der Waals surface area contributed by atoms with Gasteiger partial charge in [0.05, 0.1) is 5.52 Å². The van der Waals surface area contributed by atoms with Crippen LogP contribution in [0.5, 0.6) is 0 Å². The van der Waals surface area contributed by atoms with Gasteiger partial charge in [0.2, 0.25) is 0 Å². The number of rotatable bonds is 0. The fraction of sp³-hybridized carbons (Fsp3) is 0.526. The monoisotopic (exact) mass is 269 g/mol. The molecule has 0 atom stereocenters. The van der Waals surface area contributed by atoms with E-state index in [0.717, 1.165) is 5.69 Å². The Morgan fingerprint density at radius 2 is 1.20 bits per heavy atom.